The average molecular weight is 317 g/mol. The van der Waals surface area contributed by atoms with E-state index in [2.05, 4.69) is 10.1 Å². The predicted molar refractivity (Wildman–Crippen MR) is 91.1 cm³/mol. The highest BCUT2D eigenvalue weighted by Gasteiger charge is 2.08. The largest absolute Gasteiger partial charge is 0.495 e. The van der Waals surface area contributed by atoms with Crippen LogP contribution in [0.1, 0.15) is 11.1 Å². The molecule has 124 valence electrons. The molecule has 0 amide bonds. The Hall–Kier alpha value is -2.69. The Labute approximate surface area is 137 Å². The summed E-state index contributed by atoms with van der Waals surface area (Å²) in [5.41, 5.74) is 3.18. The lowest BCUT2D eigenvalue weighted by atomic mass is 10.1. The van der Waals surface area contributed by atoms with Crippen molar-refractivity contribution in [3.05, 3.63) is 53.6 Å². The fraction of sp³-hybridized carbons (Fsp3) is 0.278. The van der Waals surface area contributed by atoms with Gasteiger partial charge in [0, 0.05) is 12.6 Å². The third-order valence-electron chi connectivity index (χ3n) is 3.16. The molecule has 0 spiro atoms. The van der Waals surface area contributed by atoms with E-state index in [1.54, 1.807) is 7.11 Å². The van der Waals surface area contributed by atoms with Crippen LogP contribution in [0, 0.1) is 6.92 Å². The summed E-state index contributed by atoms with van der Waals surface area (Å²) in [6, 6.07) is 13.9. The lowest BCUT2D eigenvalue weighted by Gasteiger charge is -2.15. The lowest BCUT2D eigenvalue weighted by Crippen LogP contribution is -2.03. The monoisotopic (exact) mass is 317 g/mol. The van der Waals surface area contributed by atoms with Gasteiger partial charge in [-0.1, -0.05) is 30.3 Å². The summed E-state index contributed by atoms with van der Waals surface area (Å²) in [5.74, 6) is 1.74. The number of ether oxygens (including phenoxy) is 3. The Balaban J connectivity index is 0.000000593. The zero-order valence-electron chi connectivity index (χ0n) is 14.0. The zero-order valence-corrected chi connectivity index (χ0v) is 14.0. The molecule has 23 heavy (non-hydrogen) atoms. The number of benzene rings is 2. The summed E-state index contributed by atoms with van der Waals surface area (Å²) >= 11 is 0. The van der Waals surface area contributed by atoms with Crippen molar-refractivity contribution in [1.82, 2.24) is 0 Å². The molecule has 0 saturated heterocycles. The molecule has 0 fully saturated rings. The van der Waals surface area contributed by atoms with Gasteiger partial charge in [0.05, 0.1) is 19.9 Å². The Morgan fingerprint density at radius 3 is 2.26 bits per heavy atom. The highest BCUT2D eigenvalue weighted by atomic mass is 16.5. The summed E-state index contributed by atoms with van der Waals surface area (Å²) in [6.45, 7) is 2.93. The van der Waals surface area contributed by atoms with Gasteiger partial charge in [-0.05, 0) is 24.6 Å². The molecule has 0 aliphatic heterocycles. The number of anilines is 1. The van der Waals surface area contributed by atoms with E-state index < -0.39 is 0 Å². The van der Waals surface area contributed by atoms with Crippen molar-refractivity contribution in [3.8, 4) is 11.5 Å². The Morgan fingerprint density at radius 1 is 1.04 bits per heavy atom. The zero-order chi connectivity index (χ0) is 17.1. The van der Waals surface area contributed by atoms with E-state index in [4.69, 9.17) is 14.3 Å². The number of carbonyl (C=O) groups excluding carboxylic acids is 1. The standard InChI is InChI=1S/C16H19NO2.C2H4O2/c1-12-7-4-5-9-14(12)19-11-13-8-6-10-15(18-3)16(13)17-2;1-4-2-3/h4-10,17H,11H2,1-3H3;2H,1H3. The van der Waals surface area contributed by atoms with Crippen LogP contribution in [0.5, 0.6) is 11.5 Å². The van der Waals surface area contributed by atoms with E-state index >= 15 is 0 Å². The second-order valence-electron chi connectivity index (χ2n) is 4.63. The van der Waals surface area contributed by atoms with Gasteiger partial charge in [0.15, 0.2) is 0 Å². The molecule has 0 saturated carbocycles. The molecule has 0 unspecified atom stereocenters. The molecule has 0 aliphatic rings. The SMILES string of the molecule is CNc1c(COc2ccccc2C)cccc1OC.COC=O. The minimum atomic E-state index is 0.375. The number of methoxy groups -OCH3 is 2. The maximum atomic E-state index is 8.95. The normalized spacial score (nSPS) is 9.22. The third kappa shape index (κ3) is 5.54. The summed E-state index contributed by atoms with van der Waals surface area (Å²) in [4.78, 5) is 8.95. The fourth-order valence-corrected chi connectivity index (χ4v) is 2.02. The van der Waals surface area contributed by atoms with Gasteiger partial charge < -0.3 is 19.5 Å². The lowest BCUT2D eigenvalue weighted by molar-refractivity contribution is -0.126. The molecule has 0 radical (unpaired) electrons. The van der Waals surface area contributed by atoms with Gasteiger partial charge in [-0.2, -0.15) is 0 Å². The Kier molecular flexibility index (Phi) is 8.07. The van der Waals surface area contributed by atoms with E-state index in [0.717, 1.165) is 28.3 Å². The summed E-state index contributed by atoms with van der Waals surface area (Å²) in [6.07, 6.45) is 0. The highest BCUT2D eigenvalue weighted by Crippen LogP contribution is 2.29. The molecule has 0 heterocycles. The molecule has 2 aromatic rings. The average Bonchev–Trinajstić information content (AvgIpc) is 2.60. The van der Waals surface area contributed by atoms with Crippen LogP contribution in [0.4, 0.5) is 5.69 Å². The topological polar surface area (TPSA) is 56.8 Å². The molecule has 2 aromatic carbocycles. The number of hydrogen-bond donors (Lipinski definition) is 1. The molecule has 5 heteroatoms. The maximum absolute atomic E-state index is 8.95. The smallest absolute Gasteiger partial charge is 0.292 e. The van der Waals surface area contributed by atoms with Gasteiger partial charge in [0.25, 0.3) is 6.47 Å². The molecule has 0 aliphatic carbocycles. The van der Waals surface area contributed by atoms with Crippen LogP contribution >= 0.6 is 0 Å². The fourth-order valence-electron chi connectivity index (χ4n) is 2.02. The van der Waals surface area contributed by atoms with Gasteiger partial charge in [-0.15, -0.1) is 0 Å². The van der Waals surface area contributed by atoms with E-state index in [9.17, 15) is 0 Å². The number of nitrogens with one attached hydrogen (secondary N) is 1. The van der Waals surface area contributed by atoms with Crippen LogP contribution in [0.15, 0.2) is 42.5 Å². The van der Waals surface area contributed by atoms with Crippen LogP contribution in [0.2, 0.25) is 0 Å². The van der Waals surface area contributed by atoms with Crippen molar-refractivity contribution < 1.29 is 19.0 Å². The maximum Gasteiger partial charge on any atom is 0.292 e. The van der Waals surface area contributed by atoms with E-state index in [1.807, 2.05) is 56.4 Å². The van der Waals surface area contributed by atoms with E-state index in [1.165, 1.54) is 7.11 Å². The van der Waals surface area contributed by atoms with E-state index in [-0.39, 0.29) is 0 Å². The molecular formula is C18H23NO4. The Bertz CT molecular complexity index is 614. The van der Waals surface area contributed by atoms with Crippen molar-refractivity contribution in [2.75, 3.05) is 26.6 Å². The van der Waals surface area contributed by atoms with Crippen LogP contribution in [0.3, 0.4) is 0 Å². The molecule has 5 nitrogen and oxygen atoms in total. The van der Waals surface area contributed by atoms with Crippen LogP contribution in [-0.4, -0.2) is 27.7 Å². The molecule has 0 aromatic heterocycles. The van der Waals surface area contributed by atoms with Gasteiger partial charge in [0.2, 0.25) is 0 Å². The molecule has 2 rings (SSSR count). The summed E-state index contributed by atoms with van der Waals surface area (Å²) in [5, 5.41) is 3.16. The Morgan fingerprint density at radius 2 is 1.70 bits per heavy atom. The number of para-hydroxylation sites is 2. The third-order valence-corrected chi connectivity index (χ3v) is 3.16. The predicted octanol–water partition coefficient (Wildman–Crippen LogP) is 3.41. The summed E-state index contributed by atoms with van der Waals surface area (Å²) < 4.78 is 15.1. The molecule has 1 N–H and O–H groups in total. The van der Waals surface area contributed by atoms with Gasteiger partial charge in [0.1, 0.15) is 18.1 Å². The number of hydrogen-bond acceptors (Lipinski definition) is 5. The minimum absolute atomic E-state index is 0.375. The number of carbonyl (C=O) groups is 1. The first-order chi connectivity index (χ1) is 11.2. The van der Waals surface area contributed by atoms with Crippen molar-refractivity contribution in [2.24, 2.45) is 0 Å². The summed E-state index contributed by atoms with van der Waals surface area (Å²) in [7, 11) is 4.87. The van der Waals surface area contributed by atoms with Crippen molar-refractivity contribution >= 4 is 12.2 Å². The first-order valence-electron chi connectivity index (χ1n) is 7.16. The van der Waals surface area contributed by atoms with Gasteiger partial charge in [-0.25, -0.2) is 0 Å². The quantitative estimate of drug-likeness (QED) is 0.827. The molecule has 0 bridgehead atoms. The minimum Gasteiger partial charge on any atom is -0.495 e. The molecule has 0 atom stereocenters. The van der Waals surface area contributed by atoms with Crippen molar-refractivity contribution in [3.63, 3.8) is 0 Å². The van der Waals surface area contributed by atoms with Gasteiger partial charge in [-0.3, -0.25) is 4.79 Å². The van der Waals surface area contributed by atoms with Crippen LogP contribution in [0.25, 0.3) is 0 Å². The first-order valence-corrected chi connectivity index (χ1v) is 7.16. The van der Waals surface area contributed by atoms with Gasteiger partial charge >= 0.3 is 0 Å². The second-order valence-corrected chi connectivity index (χ2v) is 4.63. The highest BCUT2D eigenvalue weighted by molar-refractivity contribution is 5.61. The van der Waals surface area contributed by atoms with E-state index in [0.29, 0.717) is 13.1 Å². The number of rotatable bonds is 6. The van der Waals surface area contributed by atoms with Crippen LogP contribution in [-0.2, 0) is 16.1 Å². The number of aryl methyl sites for hydroxylation is 1. The van der Waals surface area contributed by atoms with Crippen molar-refractivity contribution in [1.29, 1.82) is 0 Å². The first kappa shape index (κ1) is 18.4. The van der Waals surface area contributed by atoms with Crippen molar-refractivity contribution in [2.45, 2.75) is 13.5 Å². The molecular weight excluding hydrogens is 294 g/mol. The second kappa shape index (κ2) is 10.1. The van der Waals surface area contributed by atoms with Crippen LogP contribution < -0.4 is 14.8 Å².